The topological polar surface area (TPSA) is 72.5 Å². The minimum absolute atomic E-state index is 0.142. The number of pyridine rings is 1. The molecular formula is C17H19N3O3. The molecule has 0 unspecified atom stereocenters. The lowest BCUT2D eigenvalue weighted by molar-refractivity contribution is -0.0431. The molecule has 0 radical (unpaired) electrons. The molecule has 1 atom stereocenters. The smallest absolute Gasteiger partial charge is 0.319 e. The Labute approximate surface area is 134 Å². The van der Waals surface area contributed by atoms with Gasteiger partial charge in [-0.25, -0.2) is 4.79 Å². The molecule has 2 heterocycles. The number of urea groups is 1. The molecule has 6 nitrogen and oxygen atoms in total. The lowest BCUT2D eigenvalue weighted by Crippen LogP contribution is -2.31. The quantitative estimate of drug-likeness (QED) is 0.910. The number of amides is 2. The van der Waals surface area contributed by atoms with Gasteiger partial charge in [0.1, 0.15) is 0 Å². The van der Waals surface area contributed by atoms with Crippen LogP contribution >= 0.6 is 0 Å². The van der Waals surface area contributed by atoms with Gasteiger partial charge in [0.15, 0.2) is 11.5 Å². The van der Waals surface area contributed by atoms with Gasteiger partial charge in [0.2, 0.25) is 5.79 Å². The lowest BCUT2D eigenvalue weighted by atomic mass is 10.1. The van der Waals surface area contributed by atoms with Gasteiger partial charge in [0.05, 0.1) is 6.04 Å². The van der Waals surface area contributed by atoms with Crippen molar-refractivity contribution in [3.63, 3.8) is 0 Å². The van der Waals surface area contributed by atoms with Gasteiger partial charge in [-0.1, -0.05) is 6.07 Å². The molecule has 1 aromatic carbocycles. The number of nitrogens with zero attached hydrogens (tertiary/aromatic N) is 1. The Morgan fingerprint density at radius 3 is 2.74 bits per heavy atom. The maximum absolute atomic E-state index is 12.1. The second kappa shape index (κ2) is 5.79. The predicted molar refractivity (Wildman–Crippen MR) is 86.6 cm³/mol. The van der Waals surface area contributed by atoms with Crippen molar-refractivity contribution in [2.45, 2.75) is 32.6 Å². The zero-order valence-corrected chi connectivity index (χ0v) is 13.3. The van der Waals surface area contributed by atoms with Crippen molar-refractivity contribution in [2.24, 2.45) is 0 Å². The van der Waals surface area contributed by atoms with Crippen LogP contribution in [0, 0.1) is 0 Å². The Hall–Kier alpha value is -2.76. The Balaban J connectivity index is 1.63. The Bertz CT molecular complexity index is 716. The average molecular weight is 313 g/mol. The molecular weight excluding hydrogens is 294 g/mol. The summed E-state index contributed by atoms with van der Waals surface area (Å²) >= 11 is 0. The van der Waals surface area contributed by atoms with Crippen LogP contribution in [-0.2, 0) is 0 Å². The maximum atomic E-state index is 12.1. The van der Waals surface area contributed by atoms with E-state index in [9.17, 15) is 4.79 Å². The van der Waals surface area contributed by atoms with Crippen LogP contribution < -0.4 is 20.1 Å². The average Bonchev–Trinajstić information content (AvgIpc) is 2.81. The van der Waals surface area contributed by atoms with E-state index in [4.69, 9.17) is 9.47 Å². The minimum atomic E-state index is -0.683. The summed E-state index contributed by atoms with van der Waals surface area (Å²) < 4.78 is 11.3. The van der Waals surface area contributed by atoms with E-state index in [0.717, 1.165) is 5.56 Å². The molecule has 2 amide bonds. The SMILES string of the molecule is C[C@@H](NC(=O)Nc1ccc2c(c1)OC(C)(C)O2)c1cccnc1. The van der Waals surface area contributed by atoms with Crippen molar-refractivity contribution in [3.8, 4) is 11.5 Å². The first kappa shape index (κ1) is 15.1. The molecule has 0 fully saturated rings. The predicted octanol–water partition coefficient (Wildman–Crippen LogP) is 3.47. The van der Waals surface area contributed by atoms with Crippen molar-refractivity contribution in [3.05, 3.63) is 48.3 Å². The van der Waals surface area contributed by atoms with Gasteiger partial charge in [0.25, 0.3) is 0 Å². The Kier molecular flexibility index (Phi) is 3.82. The van der Waals surface area contributed by atoms with Crippen LogP contribution in [0.4, 0.5) is 10.5 Å². The molecule has 0 saturated heterocycles. The first-order chi connectivity index (χ1) is 10.9. The molecule has 0 spiro atoms. The van der Waals surface area contributed by atoms with Crippen LogP contribution in [0.5, 0.6) is 11.5 Å². The third-order valence-electron chi connectivity index (χ3n) is 3.45. The zero-order chi connectivity index (χ0) is 16.4. The van der Waals surface area contributed by atoms with Crippen molar-refractivity contribution in [1.82, 2.24) is 10.3 Å². The number of fused-ring (bicyclic) bond motifs is 1. The van der Waals surface area contributed by atoms with E-state index in [1.807, 2.05) is 32.9 Å². The van der Waals surface area contributed by atoms with E-state index in [2.05, 4.69) is 15.6 Å². The van der Waals surface area contributed by atoms with Crippen molar-refractivity contribution in [2.75, 3.05) is 5.32 Å². The van der Waals surface area contributed by atoms with E-state index in [0.29, 0.717) is 17.2 Å². The van der Waals surface area contributed by atoms with Crippen LogP contribution in [0.1, 0.15) is 32.4 Å². The normalized spacial score (nSPS) is 15.8. The van der Waals surface area contributed by atoms with Crippen LogP contribution in [-0.4, -0.2) is 16.8 Å². The monoisotopic (exact) mass is 313 g/mol. The van der Waals surface area contributed by atoms with Crippen molar-refractivity contribution in [1.29, 1.82) is 0 Å². The third kappa shape index (κ3) is 3.53. The molecule has 2 aromatic rings. The molecule has 1 aromatic heterocycles. The lowest BCUT2D eigenvalue weighted by Gasteiger charge is -2.16. The molecule has 6 heteroatoms. The fourth-order valence-electron chi connectivity index (χ4n) is 2.38. The Morgan fingerprint density at radius 2 is 2.00 bits per heavy atom. The number of rotatable bonds is 3. The molecule has 23 heavy (non-hydrogen) atoms. The van der Waals surface area contributed by atoms with Gasteiger partial charge in [-0.15, -0.1) is 0 Å². The molecule has 2 N–H and O–H groups in total. The first-order valence-electron chi connectivity index (χ1n) is 7.42. The summed E-state index contributed by atoms with van der Waals surface area (Å²) in [7, 11) is 0. The number of anilines is 1. The molecule has 0 saturated carbocycles. The van der Waals surface area contributed by atoms with Crippen LogP contribution in [0.3, 0.4) is 0 Å². The fourth-order valence-corrected chi connectivity index (χ4v) is 2.38. The summed E-state index contributed by atoms with van der Waals surface area (Å²) in [6, 6.07) is 8.63. The summed E-state index contributed by atoms with van der Waals surface area (Å²) in [5.74, 6) is 0.607. The van der Waals surface area contributed by atoms with Gasteiger partial charge < -0.3 is 20.1 Å². The van der Waals surface area contributed by atoms with E-state index in [-0.39, 0.29) is 12.1 Å². The first-order valence-corrected chi connectivity index (χ1v) is 7.42. The van der Waals surface area contributed by atoms with Gasteiger partial charge in [-0.05, 0) is 30.7 Å². The van der Waals surface area contributed by atoms with Crippen LogP contribution in [0.2, 0.25) is 0 Å². The highest BCUT2D eigenvalue weighted by molar-refractivity contribution is 5.90. The fraction of sp³-hybridized carbons (Fsp3) is 0.294. The maximum Gasteiger partial charge on any atom is 0.319 e. The summed E-state index contributed by atoms with van der Waals surface area (Å²) in [5.41, 5.74) is 1.58. The summed E-state index contributed by atoms with van der Waals surface area (Å²) in [6.07, 6.45) is 3.43. The molecule has 1 aliphatic heterocycles. The number of carbonyl (C=O) groups excluding carboxylic acids is 1. The minimum Gasteiger partial charge on any atom is -0.449 e. The number of hydrogen-bond acceptors (Lipinski definition) is 4. The van der Waals surface area contributed by atoms with Crippen molar-refractivity contribution < 1.29 is 14.3 Å². The highest BCUT2D eigenvalue weighted by Gasteiger charge is 2.31. The standard InChI is InChI=1S/C17H19N3O3/c1-11(12-5-4-8-18-10-12)19-16(21)20-13-6-7-14-15(9-13)23-17(2,3)22-14/h4-11H,1-3H3,(H2,19,20,21)/t11-/m1/s1. The second-order valence-corrected chi connectivity index (χ2v) is 5.87. The number of ether oxygens (including phenoxy) is 2. The zero-order valence-electron chi connectivity index (χ0n) is 13.3. The van der Waals surface area contributed by atoms with E-state index in [1.54, 1.807) is 30.6 Å². The third-order valence-corrected chi connectivity index (χ3v) is 3.45. The van der Waals surface area contributed by atoms with E-state index >= 15 is 0 Å². The molecule has 0 aliphatic carbocycles. The second-order valence-electron chi connectivity index (χ2n) is 5.87. The van der Waals surface area contributed by atoms with Gasteiger partial charge >= 0.3 is 6.03 Å². The largest absolute Gasteiger partial charge is 0.449 e. The van der Waals surface area contributed by atoms with Gasteiger partial charge in [0, 0.05) is 38.0 Å². The molecule has 1 aliphatic rings. The summed E-state index contributed by atoms with van der Waals surface area (Å²) in [6.45, 7) is 5.57. The number of benzene rings is 1. The number of hydrogen-bond donors (Lipinski definition) is 2. The highest BCUT2D eigenvalue weighted by atomic mass is 16.7. The molecule has 120 valence electrons. The van der Waals surface area contributed by atoms with E-state index in [1.165, 1.54) is 0 Å². The number of carbonyl (C=O) groups is 1. The van der Waals surface area contributed by atoms with Gasteiger partial charge in [-0.3, -0.25) is 4.98 Å². The van der Waals surface area contributed by atoms with Crippen LogP contribution in [0.25, 0.3) is 0 Å². The Morgan fingerprint density at radius 1 is 1.22 bits per heavy atom. The number of aromatic nitrogens is 1. The summed E-state index contributed by atoms with van der Waals surface area (Å²) in [5, 5.41) is 5.66. The highest BCUT2D eigenvalue weighted by Crippen LogP contribution is 2.40. The van der Waals surface area contributed by atoms with Crippen LogP contribution in [0.15, 0.2) is 42.7 Å². The van der Waals surface area contributed by atoms with E-state index < -0.39 is 5.79 Å². The summed E-state index contributed by atoms with van der Waals surface area (Å²) in [4.78, 5) is 16.2. The van der Waals surface area contributed by atoms with Gasteiger partial charge in [-0.2, -0.15) is 0 Å². The molecule has 0 bridgehead atoms. The van der Waals surface area contributed by atoms with Crippen molar-refractivity contribution >= 4 is 11.7 Å². The number of nitrogens with one attached hydrogen (secondary N) is 2. The molecule has 3 rings (SSSR count).